The van der Waals surface area contributed by atoms with Crippen LogP contribution in [0.15, 0.2) is 24.3 Å². The second kappa shape index (κ2) is 9.32. The number of β-amino-alcohol motifs (C(OH)–C–C–N with tert-alkyl or cyclic N) is 1. The van der Waals surface area contributed by atoms with Gasteiger partial charge in [0.2, 0.25) is 0 Å². The molecule has 0 saturated carbocycles. The average Bonchev–Trinajstić information content (AvgIpc) is 2.80. The SMILES string of the molecule is CC(C)(C)c1ccc(N2CCN(c3ccc(N4CCN(CCO)CC4)nn3)CC2)nn1. The summed E-state index contributed by atoms with van der Waals surface area (Å²) in [5.74, 6) is 2.80. The van der Waals surface area contributed by atoms with Crippen molar-refractivity contribution in [2.45, 2.75) is 26.2 Å². The minimum absolute atomic E-state index is 0.0159. The van der Waals surface area contributed by atoms with E-state index in [1.54, 1.807) is 0 Å². The van der Waals surface area contributed by atoms with Crippen molar-refractivity contribution in [2.75, 3.05) is 80.2 Å². The molecule has 2 aliphatic rings. The Labute approximate surface area is 184 Å². The molecule has 4 heterocycles. The van der Waals surface area contributed by atoms with Gasteiger partial charge in [0.05, 0.1) is 12.3 Å². The number of aliphatic hydroxyl groups excluding tert-OH is 1. The molecule has 2 saturated heterocycles. The lowest BCUT2D eigenvalue weighted by Crippen LogP contribution is -2.48. The zero-order chi connectivity index (χ0) is 21.8. The van der Waals surface area contributed by atoms with Gasteiger partial charge in [0.15, 0.2) is 17.5 Å². The fourth-order valence-corrected chi connectivity index (χ4v) is 4.06. The first-order valence-corrected chi connectivity index (χ1v) is 11.2. The number of aromatic nitrogens is 4. The van der Waals surface area contributed by atoms with E-state index < -0.39 is 0 Å². The van der Waals surface area contributed by atoms with E-state index in [0.717, 1.165) is 82.1 Å². The molecule has 1 N–H and O–H groups in total. The molecule has 2 fully saturated rings. The van der Waals surface area contributed by atoms with Crippen LogP contribution in [0.25, 0.3) is 0 Å². The Morgan fingerprint density at radius 2 is 1.10 bits per heavy atom. The lowest BCUT2D eigenvalue weighted by Gasteiger charge is -2.36. The number of nitrogens with zero attached hydrogens (tertiary/aromatic N) is 8. The second-order valence-corrected chi connectivity index (χ2v) is 9.30. The van der Waals surface area contributed by atoms with Gasteiger partial charge in [0.1, 0.15) is 0 Å². The van der Waals surface area contributed by atoms with Crippen LogP contribution >= 0.6 is 0 Å². The Kier molecular flexibility index (Phi) is 6.52. The summed E-state index contributed by atoms with van der Waals surface area (Å²) in [6.45, 7) is 14.7. The summed E-state index contributed by atoms with van der Waals surface area (Å²) < 4.78 is 0. The fraction of sp³-hybridized carbons (Fsp3) is 0.636. The van der Waals surface area contributed by atoms with Crippen molar-refractivity contribution in [3.05, 3.63) is 30.0 Å². The summed E-state index contributed by atoms with van der Waals surface area (Å²) in [6.07, 6.45) is 0. The van der Waals surface area contributed by atoms with Gasteiger partial charge < -0.3 is 19.8 Å². The first-order chi connectivity index (χ1) is 14.9. The third kappa shape index (κ3) is 5.22. The number of rotatable bonds is 5. The van der Waals surface area contributed by atoms with Crippen LogP contribution in [-0.2, 0) is 5.41 Å². The molecular formula is C22H34N8O. The van der Waals surface area contributed by atoms with Crippen molar-refractivity contribution in [3.63, 3.8) is 0 Å². The Morgan fingerprint density at radius 3 is 1.45 bits per heavy atom. The maximum atomic E-state index is 9.09. The van der Waals surface area contributed by atoms with Crippen molar-refractivity contribution >= 4 is 17.5 Å². The largest absolute Gasteiger partial charge is 0.395 e. The quantitative estimate of drug-likeness (QED) is 0.753. The molecule has 0 spiro atoms. The van der Waals surface area contributed by atoms with Gasteiger partial charge in [-0.2, -0.15) is 5.10 Å². The second-order valence-electron chi connectivity index (χ2n) is 9.30. The van der Waals surface area contributed by atoms with Crippen molar-refractivity contribution < 1.29 is 5.11 Å². The summed E-state index contributed by atoms with van der Waals surface area (Å²) >= 11 is 0. The molecule has 9 nitrogen and oxygen atoms in total. The van der Waals surface area contributed by atoms with Crippen molar-refractivity contribution in [1.82, 2.24) is 25.3 Å². The average molecular weight is 427 g/mol. The Morgan fingerprint density at radius 1 is 0.677 bits per heavy atom. The van der Waals surface area contributed by atoms with E-state index in [4.69, 9.17) is 5.11 Å². The van der Waals surface area contributed by atoms with Crippen LogP contribution in [0.1, 0.15) is 26.5 Å². The third-order valence-corrected chi connectivity index (χ3v) is 6.10. The topological polar surface area (TPSA) is 84.8 Å². The molecule has 0 aliphatic carbocycles. The van der Waals surface area contributed by atoms with Gasteiger partial charge in [-0.1, -0.05) is 20.8 Å². The number of piperazine rings is 2. The van der Waals surface area contributed by atoms with Gasteiger partial charge >= 0.3 is 0 Å². The number of hydrogen-bond acceptors (Lipinski definition) is 9. The molecule has 168 valence electrons. The van der Waals surface area contributed by atoms with Crippen molar-refractivity contribution in [3.8, 4) is 0 Å². The van der Waals surface area contributed by atoms with Crippen LogP contribution in [0.4, 0.5) is 17.5 Å². The summed E-state index contributed by atoms with van der Waals surface area (Å²) in [5.41, 5.74) is 1.03. The molecule has 0 radical (unpaired) electrons. The lowest BCUT2D eigenvalue weighted by molar-refractivity contribution is 0.188. The Hall–Kier alpha value is -2.52. The molecule has 31 heavy (non-hydrogen) atoms. The summed E-state index contributed by atoms with van der Waals surface area (Å²) in [6, 6.07) is 8.32. The fourth-order valence-electron chi connectivity index (χ4n) is 4.06. The standard InChI is InChI=1S/C22H34N8O/c1-22(2,3)18-4-5-19(24-23-18)29-12-14-30(15-13-29)21-7-6-20(25-26-21)28-10-8-27(9-11-28)16-17-31/h4-7,31H,8-17H2,1-3H3. The number of aliphatic hydroxyl groups is 1. The van der Waals surface area contributed by atoms with Gasteiger partial charge in [0.25, 0.3) is 0 Å². The zero-order valence-electron chi connectivity index (χ0n) is 18.9. The normalized spacial score (nSPS) is 18.5. The summed E-state index contributed by atoms with van der Waals surface area (Å²) in [7, 11) is 0. The van der Waals surface area contributed by atoms with Gasteiger partial charge in [-0.25, -0.2) is 0 Å². The molecule has 2 aliphatic heterocycles. The molecule has 2 aromatic rings. The van der Waals surface area contributed by atoms with E-state index in [1.807, 2.05) is 0 Å². The molecule has 9 heteroatoms. The predicted molar refractivity (Wildman–Crippen MR) is 123 cm³/mol. The molecular weight excluding hydrogens is 392 g/mol. The first kappa shape index (κ1) is 21.7. The number of hydrogen-bond donors (Lipinski definition) is 1. The Bertz CT molecular complexity index is 820. The van der Waals surface area contributed by atoms with E-state index in [2.05, 4.69) is 85.0 Å². The summed E-state index contributed by atoms with van der Waals surface area (Å²) in [5, 5.41) is 27.0. The van der Waals surface area contributed by atoms with Crippen LogP contribution in [0.3, 0.4) is 0 Å². The Balaban J connectivity index is 1.30. The molecule has 2 aromatic heterocycles. The van der Waals surface area contributed by atoms with E-state index in [1.165, 1.54) is 0 Å². The smallest absolute Gasteiger partial charge is 0.151 e. The highest BCUT2D eigenvalue weighted by Crippen LogP contribution is 2.22. The third-order valence-electron chi connectivity index (χ3n) is 6.10. The van der Waals surface area contributed by atoms with Crippen LogP contribution in [-0.4, -0.2) is 95.9 Å². The van der Waals surface area contributed by atoms with E-state index >= 15 is 0 Å². The number of anilines is 3. The van der Waals surface area contributed by atoms with Crippen molar-refractivity contribution in [1.29, 1.82) is 0 Å². The first-order valence-electron chi connectivity index (χ1n) is 11.2. The summed E-state index contributed by atoms with van der Waals surface area (Å²) in [4.78, 5) is 9.11. The molecule has 0 unspecified atom stereocenters. The van der Waals surface area contributed by atoms with Crippen LogP contribution in [0.5, 0.6) is 0 Å². The minimum atomic E-state index is 0.0159. The van der Waals surface area contributed by atoms with Crippen LogP contribution in [0.2, 0.25) is 0 Å². The van der Waals surface area contributed by atoms with Crippen molar-refractivity contribution in [2.24, 2.45) is 0 Å². The van der Waals surface area contributed by atoms with E-state index in [0.29, 0.717) is 0 Å². The zero-order valence-corrected chi connectivity index (χ0v) is 18.9. The highest BCUT2D eigenvalue weighted by Gasteiger charge is 2.22. The van der Waals surface area contributed by atoms with Crippen LogP contribution in [0, 0.1) is 0 Å². The molecule has 0 atom stereocenters. The monoisotopic (exact) mass is 426 g/mol. The van der Waals surface area contributed by atoms with Gasteiger partial charge in [-0.05, 0) is 24.3 Å². The molecule has 0 bridgehead atoms. The van der Waals surface area contributed by atoms with Gasteiger partial charge in [0, 0.05) is 64.3 Å². The lowest BCUT2D eigenvalue weighted by atomic mass is 9.92. The maximum Gasteiger partial charge on any atom is 0.151 e. The van der Waals surface area contributed by atoms with Crippen LogP contribution < -0.4 is 14.7 Å². The maximum absolute atomic E-state index is 9.09. The van der Waals surface area contributed by atoms with Gasteiger partial charge in [-0.3, -0.25) is 4.90 Å². The van der Waals surface area contributed by atoms with Gasteiger partial charge in [-0.15, -0.1) is 15.3 Å². The van der Waals surface area contributed by atoms with E-state index in [-0.39, 0.29) is 12.0 Å². The molecule has 0 amide bonds. The predicted octanol–water partition coefficient (Wildman–Crippen LogP) is 1.01. The highest BCUT2D eigenvalue weighted by atomic mass is 16.3. The minimum Gasteiger partial charge on any atom is -0.395 e. The van der Waals surface area contributed by atoms with E-state index in [9.17, 15) is 0 Å². The highest BCUT2D eigenvalue weighted by molar-refractivity contribution is 5.48. The molecule has 4 rings (SSSR count). The molecule has 0 aromatic carbocycles.